The topological polar surface area (TPSA) is 38.3 Å². The van der Waals surface area contributed by atoms with Gasteiger partial charge >= 0.3 is 6.09 Å². The third-order valence-corrected chi connectivity index (χ3v) is 2.03. The number of hydrogen-bond acceptors (Lipinski definition) is 2. The van der Waals surface area contributed by atoms with Crippen LogP contribution in [0.1, 0.15) is 20.8 Å². The van der Waals surface area contributed by atoms with E-state index in [1.54, 1.807) is 0 Å². The quantitative estimate of drug-likeness (QED) is 0.829. The normalized spacial score (nSPS) is 10.1. The summed E-state index contributed by atoms with van der Waals surface area (Å²) in [5.74, 6) is 0.643. The summed E-state index contributed by atoms with van der Waals surface area (Å²) >= 11 is 0. The number of ether oxygens (including phenoxy) is 1. The summed E-state index contributed by atoms with van der Waals surface area (Å²) in [6.45, 7) is 4.36. The summed E-state index contributed by atoms with van der Waals surface area (Å²) in [5.41, 5.74) is 2.04. The molecule has 0 heterocycles. The molecule has 15 heavy (non-hydrogen) atoms. The van der Waals surface area contributed by atoms with Gasteiger partial charge in [-0.1, -0.05) is 26.0 Å². The summed E-state index contributed by atoms with van der Waals surface area (Å²) < 4.78 is 4.50. The van der Waals surface area contributed by atoms with Crippen molar-refractivity contribution in [3.05, 3.63) is 29.8 Å². The standard InChI is InChI=1S/C12H17NO2.H2/c1-9(2)8-10-4-6-11(7-5-10)13-12(14)15-3;/h4-7,9H,8H2,1-3H3,(H,13,14);1H. The van der Waals surface area contributed by atoms with Gasteiger partial charge in [0.15, 0.2) is 0 Å². The predicted octanol–water partition coefficient (Wildman–Crippen LogP) is 3.31. The zero-order valence-corrected chi connectivity index (χ0v) is 9.41. The van der Waals surface area contributed by atoms with Crippen molar-refractivity contribution in [3.8, 4) is 0 Å². The molecule has 0 unspecified atom stereocenters. The van der Waals surface area contributed by atoms with Gasteiger partial charge in [-0.05, 0) is 30.0 Å². The molecule has 0 radical (unpaired) electrons. The van der Waals surface area contributed by atoms with Crippen LogP contribution in [-0.2, 0) is 11.2 Å². The second-order valence-corrected chi connectivity index (χ2v) is 3.91. The molecule has 1 rings (SSSR count). The lowest BCUT2D eigenvalue weighted by Crippen LogP contribution is -2.10. The Labute approximate surface area is 91.9 Å². The first-order valence-corrected chi connectivity index (χ1v) is 5.05. The smallest absolute Gasteiger partial charge is 0.411 e. The molecule has 0 spiro atoms. The van der Waals surface area contributed by atoms with Gasteiger partial charge in [0.2, 0.25) is 0 Å². The van der Waals surface area contributed by atoms with Gasteiger partial charge < -0.3 is 4.74 Å². The van der Waals surface area contributed by atoms with Gasteiger partial charge in [-0.25, -0.2) is 4.79 Å². The van der Waals surface area contributed by atoms with E-state index in [0.717, 1.165) is 12.1 Å². The van der Waals surface area contributed by atoms with E-state index in [0.29, 0.717) is 5.92 Å². The van der Waals surface area contributed by atoms with Crippen molar-refractivity contribution < 1.29 is 11.0 Å². The summed E-state index contributed by atoms with van der Waals surface area (Å²) in [6.07, 6.45) is 0.616. The highest BCUT2D eigenvalue weighted by Crippen LogP contribution is 2.13. The number of amides is 1. The molecule has 0 aromatic heterocycles. The Morgan fingerprint density at radius 1 is 1.40 bits per heavy atom. The van der Waals surface area contributed by atoms with Crippen LogP contribution in [0.2, 0.25) is 0 Å². The number of methoxy groups -OCH3 is 1. The Morgan fingerprint density at radius 2 is 2.00 bits per heavy atom. The third-order valence-electron chi connectivity index (χ3n) is 2.03. The Morgan fingerprint density at radius 3 is 2.47 bits per heavy atom. The molecular formula is C12H19NO2. The molecule has 0 saturated carbocycles. The van der Waals surface area contributed by atoms with Gasteiger partial charge in [-0.3, -0.25) is 5.32 Å². The van der Waals surface area contributed by atoms with Gasteiger partial charge in [-0.2, -0.15) is 0 Å². The van der Waals surface area contributed by atoms with Gasteiger partial charge in [0, 0.05) is 7.11 Å². The molecule has 0 bridgehead atoms. The average molecular weight is 209 g/mol. The number of nitrogens with one attached hydrogen (secondary N) is 1. The number of carbonyl (C=O) groups is 1. The SMILES string of the molecule is COC(=O)Nc1ccc(CC(C)C)cc1.[HH]. The molecule has 0 aliphatic carbocycles. The lowest BCUT2D eigenvalue weighted by atomic mass is 10.0. The molecule has 1 aromatic carbocycles. The number of benzene rings is 1. The van der Waals surface area contributed by atoms with Crippen LogP contribution in [0, 0.1) is 5.92 Å². The largest absolute Gasteiger partial charge is 0.453 e. The average Bonchev–Trinajstić information content (AvgIpc) is 2.20. The van der Waals surface area contributed by atoms with E-state index in [2.05, 4.69) is 23.9 Å². The minimum absolute atomic E-state index is 0. The van der Waals surface area contributed by atoms with Crippen LogP contribution in [0.4, 0.5) is 10.5 Å². The van der Waals surface area contributed by atoms with Crippen molar-refractivity contribution in [2.75, 3.05) is 12.4 Å². The number of rotatable bonds is 3. The summed E-state index contributed by atoms with van der Waals surface area (Å²) in [7, 11) is 1.35. The van der Waals surface area contributed by atoms with Crippen LogP contribution in [0.15, 0.2) is 24.3 Å². The highest BCUT2D eigenvalue weighted by Gasteiger charge is 2.01. The maximum Gasteiger partial charge on any atom is 0.411 e. The van der Waals surface area contributed by atoms with Crippen LogP contribution in [0.3, 0.4) is 0 Å². The maximum atomic E-state index is 10.9. The van der Waals surface area contributed by atoms with Gasteiger partial charge in [0.25, 0.3) is 0 Å². The van der Waals surface area contributed by atoms with E-state index in [-0.39, 0.29) is 1.43 Å². The van der Waals surface area contributed by atoms with Crippen LogP contribution in [0.25, 0.3) is 0 Å². The molecule has 0 atom stereocenters. The van der Waals surface area contributed by atoms with Crippen molar-refractivity contribution in [1.29, 1.82) is 0 Å². The first-order valence-electron chi connectivity index (χ1n) is 5.05. The third kappa shape index (κ3) is 4.02. The fourth-order valence-electron chi connectivity index (χ4n) is 1.36. The molecule has 0 fully saturated rings. The number of hydrogen-bond donors (Lipinski definition) is 1. The van der Waals surface area contributed by atoms with E-state index >= 15 is 0 Å². The van der Waals surface area contributed by atoms with E-state index in [1.165, 1.54) is 12.7 Å². The van der Waals surface area contributed by atoms with Crippen molar-refractivity contribution in [2.24, 2.45) is 5.92 Å². The predicted molar refractivity (Wildman–Crippen MR) is 63.1 cm³/mol. The van der Waals surface area contributed by atoms with Crippen LogP contribution < -0.4 is 5.32 Å². The molecule has 3 nitrogen and oxygen atoms in total. The first-order chi connectivity index (χ1) is 7.11. The Balaban J connectivity index is 0.00000225. The summed E-state index contributed by atoms with van der Waals surface area (Å²) in [6, 6.07) is 7.81. The van der Waals surface area contributed by atoms with Crippen LogP contribution in [0.5, 0.6) is 0 Å². The molecule has 0 saturated heterocycles. The van der Waals surface area contributed by atoms with E-state index in [9.17, 15) is 4.79 Å². The molecule has 84 valence electrons. The lowest BCUT2D eigenvalue weighted by molar-refractivity contribution is 0.187. The molecule has 3 heteroatoms. The van der Waals surface area contributed by atoms with Gasteiger partial charge in [-0.15, -0.1) is 0 Å². The van der Waals surface area contributed by atoms with Gasteiger partial charge in [0.05, 0.1) is 7.11 Å². The molecule has 1 aromatic rings. The minimum atomic E-state index is -0.438. The van der Waals surface area contributed by atoms with E-state index in [1.807, 2.05) is 24.3 Å². The van der Waals surface area contributed by atoms with Gasteiger partial charge in [0.1, 0.15) is 0 Å². The van der Waals surface area contributed by atoms with Crippen molar-refractivity contribution in [2.45, 2.75) is 20.3 Å². The number of carbonyl (C=O) groups excluding carboxylic acids is 1. The Hall–Kier alpha value is -1.51. The number of anilines is 1. The van der Waals surface area contributed by atoms with E-state index < -0.39 is 6.09 Å². The Bertz CT molecular complexity index is 322. The maximum absolute atomic E-state index is 10.9. The highest BCUT2D eigenvalue weighted by molar-refractivity contribution is 5.84. The molecular weight excluding hydrogens is 190 g/mol. The Kier molecular flexibility index (Phi) is 4.16. The second kappa shape index (κ2) is 5.39. The molecule has 1 amide bonds. The van der Waals surface area contributed by atoms with Crippen molar-refractivity contribution in [3.63, 3.8) is 0 Å². The fourth-order valence-corrected chi connectivity index (χ4v) is 1.36. The zero-order valence-electron chi connectivity index (χ0n) is 9.41. The van der Waals surface area contributed by atoms with Crippen molar-refractivity contribution in [1.82, 2.24) is 0 Å². The van der Waals surface area contributed by atoms with Crippen molar-refractivity contribution >= 4 is 11.8 Å². The van der Waals surface area contributed by atoms with Crippen LogP contribution >= 0.6 is 0 Å². The second-order valence-electron chi connectivity index (χ2n) is 3.91. The first kappa shape index (κ1) is 11.6. The minimum Gasteiger partial charge on any atom is -0.453 e. The zero-order chi connectivity index (χ0) is 11.3. The molecule has 0 aliphatic rings. The summed E-state index contributed by atoms with van der Waals surface area (Å²) in [4.78, 5) is 10.9. The highest BCUT2D eigenvalue weighted by atomic mass is 16.5. The molecule has 0 aliphatic heterocycles. The monoisotopic (exact) mass is 209 g/mol. The lowest BCUT2D eigenvalue weighted by Gasteiger charge is -2.07. The van der Waals surface area contributed by atoms with E-state index in [4.69, 9.17) is 0 Å². The summed E-state index contributed by atoms with van der Waals surface area (Å²) in [5, 5.41) is 2.61. The van der Waals surface area contributed by atoms with Crippen LogP contribution in [-0.4, -0.2) is 13.2 Å². The molecule has 1 N–H and O–H groups in total. The fraction of sp³-hybridized carbons (Fsp3) is 0.417.